The van der Waals surface area contributed by atoms with Crippen molar-refractivity contribution in [1.82, 2.24) is 4.90 Å². The summed E-state index contributed by atoms with van der Waals surface area (Å²) in [6.45, 7) is 7.69. The second-order valence-corrected chi connectivity index (χ2v) is 7.04. The van der Waals surface area contributed by atoms with Crippen LogP contribution in [0, 0.1) is 0 Å². The number of carboxylic acids is 2. The molecule has 0 bridgehead atoms. The molecule has 24 heavy (non-hydrogen) atoms. The van der Waals surface area contributed by atoms with E-state index in [9.17, 15) is 4.79 Å². The van der Waals surface area contributed by atoms with Crippen molar-refractivity contribution in [3.8, 4) is 0 Å². The molecule has 4 N–H and O–H groups in total. The predicted molar refractivity (Wildman–Crippen MR) is 83.6 cm³/mol. The van der Waals surface area contributed by atoms with E-state index in [1.54, 1.807) is 4.90 Å². The van der Waals surface area contributed by atoms with Gasteiger partial charge in [0.25, 0.3) is 0 Å². The molecule has 2 aliphatic rings. The van der Waals surface area contributed by atoms with Gasteiger partial charge in [0.2, 0.25) is 0 Å². The van der Waals surface area contributed by atoms with Gasteiger partial charge >= 0.3 is 18.0 Å². The monoisotopic (exact) mass is 346 g/mol. The maximum Gasteiger partial charge on any atom is 0.414 e. The number of hydrogen-bond donors (Lipinski definition) is 3. The number of nitrogens with two attached hydrogens (primary N) is 1. The predicted octanol–water partition coefficient (Wildman–Crippen LogP) is 0.659. The molecule has 1 unspecified atom stereocenters. The van der Waals surface area contributed by atoms with Gasteiger partial charge in [-0.2, -0.15) is 0 Å². The van der Waals surface area contributed by atoms with Crippen molar-refractivity contribution in [3.05, 3.63) is 0 Å². The Labute approximate surface area is 140 Å². The highest BCUT2D eigenvalue weighted by Gasteiger charge is 2.42. The maximum atomic E-state index is 11.9. The smallest absolute Gasteiger partial charge is 0.414 e. The van der Waals surface area contributed by atoms with Gasteiger partial charge in [-0.3, -0.25) is 0 Å². The van der Waals surface area contributed by atoms with Gasteiger partial charge in [-0.25, -0.2) is 14.4 Å². The quantitative estimate of drug-likeness (QED) is 0.543. The number of likely N-dealkylation sites (tertiary alicyclic amines) is 1. The number of nitrogens with zero attached hydrogens (tertiary/aromatic N) is 1. The highest BCUT2D eigenvalue weighted by molar-refractivity contribution is 6.27. The van der Waals surface area contributed by atoms with Crippen LogP contribution in [0.1, 0.15) is 40.0 Å². The molecule has 9 nitrogen and oxygen atoms in total. The topological polar surface area (TPSA) is 139 Å². The van der Waals surface area contributed by atoms with E-state index in [1.165, 1.54) is 0 Å². The molecule has 1 atom stereocenters. The zero-order valence-electron chi connectivity index (χ0n) is 14.3. The lowest BCUT2D eigenvalue weighted by Crippen LogP contribution is -2.48. The van der Waals surface area contributed by atoms with Crippen LogP contribution in [0.3, 0.4) is 0 Å². The minimum Gasteiger partial charge on any atom is -0.473 e. The number of carbonyl (C=O) groups excluding carboxylic acids is 1. The van der Waals surface area contributed by atoms with E-state index in [0.717, 1.165) is 19.3 Å². The van der Waals surface area contributed by atoms with E-state index < -0.39 is 17.5 Å². The van der Waals surface area contributed by atoms with Crippen LogP contribution in [0.15, 0.2) is 0 Å². The average molecular weight is 346 g/mol. The maximum absolute atomic E-state index is 11.9. The van der Waals surface area contributed by atoms with Crippen molar-refractivity contribution < 1.29 is 34.1 Å². The lowest BCUT2D eigenvalue weighted by atomic mass is 9.88. The molecule has 0 aromatic rings. The van der Waals surface area contributed by atoms with Gasteiger partial charge in [-0.15, -0.1) is 0 Å². The molecule has 0 aromatic heterocycles. The standard InChI is InChI=1S/C13H24N2O3.C2H2O4/c1-12(2,3)18-11(16)15-6-4-13(5-7-15)8-10(14)9-17-13;3-1(4)2(5)6/h10H,4-9,14H2,1-3H3;(H,3,4)(H,5,6). The molecule has 2 rings (SSSR count). The molecule has 2 heterocycles. The summed E-state index contributed by atoms with van der Waals surface area (Å²) in [7, 11) is 0. The van der Waals surface area contributed by atoms with Crippen LogP contribution in [0.2, 0.25) is 0 Å². The number of ether oxygens (including phenoxy) is 2. The number of carboxylic acid groups (broad SMARTS) is 2. The number of piperidine rings is 1. The van der Waals surface area contributed by atoms with Crippen LogP contribution < -0.4 is 5.73 Å². The fourth-order valence-electron chi connectivity index (χ4n) is 2.65. The van der Waals surface area contributed by atoms with E-state index in [0.29, 0.717) is 19.7 Å². The fourth-order valence-corrected chi connectivity index (χ4v) is 2.65. The highest BCUT2D eigenvalue weighted by Crippen LogP contribution is 2.35. The number of hydrogen-bond acceptors (Lipinski definition) is 6. The molecule has 0 aromatic carbocycles. The summed E-state index contributed by atoms with van der Waals surface area (Å²) in [6.07, 6.45) is 2.41. The molecule has 1 spiro atoms. The Hall–Kier alpha value is -1.87. The van der Waals surface area contributed by atoms with Crippen LogP contribution in [0.5, 0.6) is 0 Å². The third-order valence-corrected chi connectivity index (χ3v) is 3.75. The second-order valence-electron chi connectivity index (χ2n) is 7.04. The van der Waals surface area contributed by atoms with Crippen molar-refractivity contribution in [1.29, 1.82) is 0 Å². The molecule has 2 fully saturated rings. The van der Waals surface area contributed by atoms with Gasteiger partial charge in [-0.05, 0) is 40.0 Å². The Morgan fingerprint density at radius 2 is 1.67 bits per heavy atom. The third-order valence-electron chi connectivity index (χ3n) is 3.75. The minimum atomic E-state index is -1.82. The van der Waals surface area contributed by atoms with Crippen LogP contribution in [-0.2, 0) is 19.1 Å². The zero-order valence-corrected chi connectivity index (χ0v) is 14.3. The summed E-state index contributed by atoms with van der Waals surface area (Å²) >= 11 is 0. The number of amides is 1. The van der Waals surface area contributed by atoms with Crippen molar-refractivity contribution in [2.45, 2.75) is 57.3 Å². The van der Waals surface area contributed by atoms with Crippen molar-refractivity contribution in [3.63, 3.8) is 0 Å². The van der Waals surface area contributed by atoms with Gasteiger partial charge in [0.05, 0.1) is 12.2 Å². The minimum absolute atomic E-state index is 0.0854. The van der Waals surface area contributed by atoms with Gasteiger partial charge in [0.1, 0.15) is 5.60 Å². The third kappa shape index (κ3) is 6.32. The Morgan fingerprint density at radius 3 is 2.00 bits per heavy atom. The Kier molecular flexibility index (Phi) is 6.56. The summed E-state index contributed by atoms with van der Waals surface area (Å²) in [6, 6.07) is 0.151. The molecule has 9 heteroatoms. The van der Waals surface area contributed by atoms with Crippen LogP contribution >= 0.6 is 0 Å². The SMILES string of the molecule is CC(C)(C)OC(=O)N1CCC2(CC1)CC(N)CO2.O=C(O)C(=O)O. The molecular weight excluding hydrogens is 320 g/mol. The van der Waals surface area contributed by atoms with Crippen molar-refractivity contribution in [2.24, 2.45) is 5.73 Å². The van der Waals surface area contributed by atoms with Gasteiger partial charge in [-0.1, -0.05) is 0 Å². The molecule has 0 saturated carbocycles. The Bertz CT molecular complexity index is 467. The van der Waals surface area contributed by atoms with Crippen molar-refractivity contribution in [2.75, 3.05) is 19.7 Å². The molecule has 0 aliphatic carbocycles. The van der Waals surface area contributed by atoms with Crippen LogP contribution in [-0.4, -0.2) is 70.1 Å². The van der Waals surface area contributed by atoms with Crippen LogP contribution in [0.25, 0.3) is 0 Å². The Balaban J connectivity index is 0.000000413. The molecule has 2 saturated heterocycles. The number of aliphatic carboxylic acids is 2. The van der Waals surface area contributed by atoms with Gasteiger partial charge in [0, 0.05) is 19.1 Å². The first-order valence-electron chi connectivity index (χ1n) is 7.78. The summed E-state index contributed by atoms with van der Waals surface area (Å²) in [5, 5.41) is 14.8. The first kappa shape index (κ1) is 20.2. The molecule has 0 radical (unpaired) electrons. The molecule has 1 amide bonds. The average Bonchev–Trinajstić information content (AvgIpc) is 2.79. The molecular formula is C15H26N2O7. The first-order chi connectivity index (χ1) is 10.9. The normalized spacial score (nSPS) is 22.5. The summed E-state index contributed by atoms with van der Waals surface area (Å²) in [4.78, 5) is 31.9. The van der Waals surface area contributed by atoms with Crippen LogP contribution in [0.4, 0.5) is 4.79 Å². The molecule has 2 aliphatic heterocycles. The second kappa shape index (κ2) is 7.80. The molecule has 138 valence electrons. The largest absolute Gasteiger partial charge is 0.473 e. The van der Waals surface area contributed by atoms with E-state index in [2.05, 4.69) is 0 Å². The lowest BCUT2D eigenvalue weighted by molar-refractivity contribution is -0.159. The van der Waals surface area contributed by atoms with E-state index in [4.69, 9.17) is 35.0 Å². The summed E-state index contributed by atoms with van der Waals surface area (Å²) in [5.41, 5.74) is 5.37. The van der Waals surface area contributed by atoms with E-state index in [1.807, 2.05) is 20.8 Å². The highest BCUT2D eigenvalue weighted by atomic mass is 16.6. The zero-order chi connectivity index (χ0) is 18.5. The number of carbonyl (C=O) groups is 3. The fraction of sp³-hybridized carbons (Fsp3) is 0.800. The number of rotatable bonds is 0. The first-order valence-corrected chi connectivity index (χ1v) is 7.78. The Morgan fingerprint density at radius 1 is 1.17 bits per heavy atom. The summed E-state index contributed by atoms with van der Waals surface area (Å²) in [5.74, 6) is -3.65. The van der Waals surface area contributed by atoms with Crippen molar-refractivity contribution >= 4 is 18.0 Å². The lowest BCUT2D eigenvalue weighted by Gasteiger charge is -2.38. The van der Waals surface area contributed by atoms with E-state index in [-0.39, 0.29) is 17.7 Å². The van der Waals surface area contributed by atoms with Gasteiger partial charge < -0.3 is 30.3 Å². The van der Waals surface area contributed by atoms with E-state index >= 15 is 0 Å². The van der Waals surface area contributed by atoms with Gasteiger partial charge in [0.15, 0.2) is 0 Å². The summed E-state index contributed by atoms with van der Waals surface area (Å²) < 4.78 is 11.2.